The molecule has 0 radical (unpaired) electrons. The first-order valence-electron chi connectivity index (χ1n) is 12.3. The van der Waals surface area contributed by atoms with Gasteiger partial charge >= 0.3 is 193 Å². The monoisotopic (exact) mass is 522 g/mol. The summed E-state index contributed by atoms with van der Waals surface area (Å²) in [6, 6.07) is 0. The second-order valence-corrected chi connectivity index (χ2v) is 22.8. The van der Waals surface area contributed by atoms with E-state index in [1.54, 1.807) is 0 Å². The molecule has 0 saturated carbocycles. The average Bonchev–Trinajstić information content (AvgIpc) is 2.91. The molecule has 30 heavy (non-hydrogen) atoms. The van der Waals surface area contributed by atoms with Crippen molar-refractivity contribution in [2.45, 2.75) is 112 Å². The second kappa shape index (κ2) is 14.0. The van der Waals surface area contributed by atoms with E-state index in [1.165, 1.54) is 51.8 Å². The van der Waals surface area contributed by atoms with Gasteiger partial charge in [-0.3, -0.25) is 0 Å². The maximum absolute atomic E-state index is 5.98. The Morgan fingerprint density at radius 3 is 1.47 bits per heavy atom. The van der Waals surface area contributed by atoms with Crippen LogP contribution in [0.3, 0.4) is 0 Å². The molecule has 170 valence electrons. The molecule has 0 N–H and O–H groups in total. The van der Waals surface area contributed by atoms with Crippen molar-refractivity contribution in [3.05, 3.63) is 46.5 Å². The fourth-order valence-electron chi connectivity index (χ4n) is 3.85. The summed E-state index contributed by atoms with van der Waals surface area (Å²) in [6.45, 7) is 15.3. The summed E-state index contributed by atoms with van der Waals surface area (Å²) in [6.07, 6.45) is 21.1. The predicted molar refractivity (Wildman–Crippen MR) is 138 cm³/mol. The Labute approximate surface area is 192 Å². The first-order valence-corrected chi connectivity index (χ1v) is 20.0. The van der Waals surface area contributed by atoms with E-state index < -0.39 is 18.4 Å². The maximum atomic E-state index is 5.98. The molecule has 0 bridgehead atoms. The number of hydrogen-bond acceptors (Lipinski definition) is 2. The minimum atomic E-state index is -2.13. The zero-order valence-corrected chi connectivity index (χ0v) is 23.7. The van der Waals surface area contributed by atoms with Crippen molar-refractivity contribution in [3.8, 4) is 0 Å². The van der Waals surface area contributed by atoms with Crippen LogP contribution in [-0.2, 0) is 9.31 Å². The van der Waals surface area contributed by atoms with E-state index in [0.29, 0.717) is 0 Å². The zero-order valence-electron chi connectivity index (χ0n) is 20.9. The average molecular weight is 521 g/mol. The topological polar surface area (TPSA) is 18.5 Å². The summed E-state index contributed by atoms with van der Waals surface area (Å²) >= 11 is -2.13. The Balaban J connectivity index is 2.62. The van der Waals surface area contributed by atoms with Gasteiger partial charge in [-0.25, -0.2) is 0 Å². The third kappa shape index (κ3) is 9.48. The fourth-order valence-corrected chi connectivity index (χ4v) is 18.0. The zero-order chi connectivity index (χ0) is 22.5. The number of unbranched alkanes of at least 4 members (excludes halogenated alkanes) is 3. The van der Waals surface area contributed by atoms with Gasteiger partial charge in [0.25, 0.3) is 0 Å². The van der Waals surface area contributed by atoms with Crippen LogP contribution in [0, 0.1) is 0 Å². The van der Waals surface area contributed by atoms with E-state index in [2.05, 4.69) is 82.9 Å². The quantitative estimate of drug-likeness (QED) is 0.169. The van der Waals surface area contributed by atoms with Gasteiger partial charge in [-0.05, 0) is 0 Å². The summed E-state index contributed by atoms with van der Waals surface area (Å²) in [4.78, 5) is 0. The van der Waals surface area contributed by atoms with Crippen LogP contribution >= 0.6 is 0 Å². The van der Waals surface area contributed by atoms with Crippen LogP contribution in [0.1, 0.15) is 87.0 Å². The molecule has 1 heterocycles. The van der Waals surface area contributed by atoms with E-state index in [4.69, 9.17) is 9.31 Å². The van der Waals surface area contributed by atoms with Gasteiger partial charge in [-0.2, -0.15) is 0 Å². The molecule has 2 nitrogen and oxygen atoms in total. The van der Waals surface area contributed by atoms with Crippen molar-refractivity contribution in [1.82, 2.24) is 0 Å². The molecule has 4 heteroatoms. The molecule has 0 spiro atoms. The van der Waals surface area contributed by atoms with E-state index in [9.17, 15) is 0 Å². The second-order valence-electron chi connectivity index (χ2n) is 9.81. The molecular weight excluding hydrogens is 474 g/mol. The summed E-state index contributed by atoms with van der Waals surface area (Å²) in [5.41, 5.74) is -0.551. The third-order valence-electron chi connectivity index (χ3n) is 6.63. The van der Waals surface area contributed by atoms with E-state index in [1.807, 2.05) is 12.1 Å². The molecular formula is C26H47BO2Sn. The Kier molecular flexibility index (Phi) is 13.0. The van der Waals surface area contributed by atoms with Gasteiger partial charge in [-0.15, -0.1) is 0 Å². The molecule has 0 amide bonds. The van der Waals surface area contributed by atoms with E-state index in [0.717, 1.165) is 0 Å². The normalized spacial score (nSPS) is 19.4. The van der Waals surface area contributed by atoms with Crippen LogP contribution in [0.2, 0.25) is 13.3 Å². The van der Waals surface area contributed by atoms with Crippen LogP contribution < -0.4 is 0 Å². The van der Waals surface area contributed by atoms with E-state index >= 15 is 0 Å². The molecule has 1 rings (SSSR count). The summed E-state index contributed by atoms with van der Waals surface area (Å²) < 4.78 is 19.3. The first-order chi connectivity index (χ1) is 14.2. The first kappa shape index (κ1) is 27.8. The van der Waals surface area contributed by atoms with Crippen molar-refractivity contribution in [2.75, 3.05) is 0 Å². The van der Waals surface area contributed by atoms with Gasteiger partial charge < -0.3 is 0 Å². The molecule has 1 aliphatic heterocycles. The molecule has 0 atom stereocenters. The van der Waals surface area contributed by atoms with Gasteiger partial charge in [-0.1, -0.05) is 0 Å². The van der Waals surface area contributed by atoms with E-state index in [-0.39, 0.29) is 18.3 Å². The minimum absolute atomic E-state index is 0.270. The van der Waals surface area contributed by atoms with Gasteiger partial charge in [0.05, 0.1) is 0 Å². The summed E-state index contributed by atoms with van der Waals surface area (Å²) in [5, 5.41) is 0. The number of allylic oxidation sites excluding steroid dienone is 6. The molecule has 0 aromatic heterocycles. The van der Waals surface area contributed by atoms with Gasteiger partial charge in [0.15, 0.2) is 0 Å². The standard InChI is InChI=1S/C14H20BO2.3C4H9.Sn/c1-6-7-8-9-10-11-12-15-16-13(2,3)14(4,5)17-15;3*1-3-4-2;/h1,6-12H,2-5H3;3*1,3-4H2,2H3;/b6-1?,8-7+,10-9+,12-11+;;;;. The molecule has 0 aliphatic carbocycles. The summed E-state index contributed by atoms with van der Waals surface area (Å²) in [7, 11) is -0.270. The molecule has 0 aromatic rings. The van der Waals surface area contributed by atoms with Crippen molar-refractivity contribution in [1.29, 1.82) is 0 Å². The van der Waals surface area contributed by atoms with Crippen LogP contribution in [0.25, 0.3) is 0 Å². The van der Waals surface area contributed by atoms with Crippen LogP contribution in [0.15, 0.2) is 46.5 Å². The Morgan fingerprint density at radius 1 is 0.633 bits per heavy atom. The molecule has 1 saturated heterocycles. The predicted octanol–water partition coefficient (Wildman–Crippen LogP) is 8.23. The SMILES string of the molecule is CCC[CH2][Sn](/[CH]=C/C=C/C=C/C=C/B1OC(C)(C)C(C)(C)O1)([CH2]CCC)[CH2]CCC. The molecule has 0 unspecified atom stereocenters. The number of rotatable bonds is 14. The van der Waals surface area contributed by atoms with Gasteiger partial charge in [0, 0.05) is 0 Å². The Bertz CT molecular complexity index is 552. The van der Waals surface area contributed by atoms with Crippen molar-refractivity contribution < 1.29 is 9.31 Å². The molecule has 1 fully saturated rings. The fraction of sp³-hybridized carbons (Fsp3) is 0.692. The number of hydrogen-bond donors (Lipinski definition) is 0. The van der Waals surface area contributed by atoms with Crippen molar-refractivity contribution >= 4 is 25.5 Å². The van der Waals surface area contributed by atoms with Gasteiger partial charge in [0.2, 0.25) is 0 Å². The molecule has 1 aliphatic rings. The van der Waals surface area contributed by atoms with Gasteiger partial charge in [0.1, 0.15) is 0 Å². The van der Waals surface area contributed by atoms with Crippen LogP contribution in [0.5, 0.6) is 0 Å². The third-order valence-corrected chi connectivity index (χ3v) is 20.8. The van der Waals surface area contributed by atoms with Crippen molar-refractivity contribution in [3.63, 3.8) is 0 Å². The van der Waals surface area contributed by atoms with Crippen LogP contribution in [-0.4, -0.2) is 36.7 Å². The van der Waals surface area contributed by atoms with Crippen molar-refractivity contribution in [2.24, 2.45) is 0 Å². The molecule has 0 aromatic carbocycles. The Hall–Kier alpha value is -0.256. The van der Waals surface area contributed by atoms with Crippen LogP contribution in [0.4, 0.5) is 0 Å². The Morgan fingerprint density at radius 2 is 1.03 bits per heavy atom. The summed E-state index contributed by atoms with van der Waals surface area (Å²) in [5.74, 6) is 1.98.